The van der Waals surface area contributed by atoms with Gasteiger partial charge in [-0.25, -0.2) is 13.1 Å². The van der Waals surface area contributed by atoms with E-state index in [0.717, 1.165) is 16.9 Å². The summed E-state index contributed by atoms with van der Waals surface area (Å²) in [5, 5.41) is 0.865. The minimum absolute atomic E-state index is 0.0294. The van der Waals surface area contributed by atoms with Gasteiger partial charge in [-0.15, -0.1) is 0 Å². The Balaban J connectivity index is 1.60. The van der Waals surface area contributed by atoms with Crippen molar-refractivity contribution < 1.29 is 8.42 Å². The number of rotatable bonds is 6. The average Bonchev–Trinajstić information content (AvgIpc) is 3.02. The zero-order valence-electron chi connectivity index (χ0n) is 15.5. The fourth-order valence-corrected chi connectivity index (χ4v) is 5.56. The summed E-state index contributed by atoms with van der Waals surface area (Å²) in [5.41, 5.74) is 2.32. The molecule has 0 saturated heterocycles. The summed E-state index contributed by atoms with van der Waals surface area (Å²) in [6.45, 7) is 0.459. The molecule has 0 aliphatic rings. The van der Waals surface area contributed by atoms with E-state index in [0.29, 0.717) is 32.4 Å². The first-order chi connectivity index (χ1) is 14.3. The zero-order chi connectivity index (χ0) is 21.3. The number of fused-ring (bicyclic) bond motifs is 1. The molecule has 0 unspecified atom stereocenters. The van der Waals surface area contributed by atoms with E-state index in [1.807, 2.05) is 30.3 Å². The zero-order valence-corrected chi connectivity index (χ0v) is 18.7. The molecule has 0 radical (unpaired) electrons. The van der Waals surface area contributed by atoms with E-state index in [9.17, 15) is 13.2 Å². The molecule has 1 N–H and O–H groups in total. The molecule has 3 aromatic carbocycles. The molecular weight excluding hydrogens is 463 g/mol. The van der Waals surface area contributed by atoms with Gasteiger partial charge in [0.05, 0.1) is 21.7 Å². The average molecular weight is 479 g/mol. The van der Waals surface area contributed by atoms with Gasteiger partial charge >= 0.3 is 4.87 Å². The van der Waals surface area contributed by atoms with Crippen LogP contribution in [0, 0.1) is 0 Å². The van der Waals surface area contributed by atoms with Crippen LogP contribution in [0.25, 0.3) is 10.2 Å². The van der Waals surface area contributed by atoms with E-state index in [-0.39, 0.29) is 16.3 Å². The van der Waals surface area contributed by atoms with E-state index in [2.05, 4.69) is 4.72 Å². The summed E-state index contributed by atoms with van der Waals surface area (Å²) in [7, 11) is -3.79. The Morgan fingerprint density at radius 1 is 0.967 bits per heavy atom. The number of hydrogen-bond acceptors (Lipinski definition) is 4. The predicted molar refractivity (Wildman–Crippen MR) is 122 cm³/mol. The second kappa shape index (κ2) is 8.53. The molecule has 0 aliphatic carbocycles. The topological polar surface area (TPSA) is 68.2 Å². The molecule has 30 heavy (non-hydrogen) atoms. The Morgan fingerprint density at radius 2 is 1.73 bits per heavy atom. The number of sulfonamides is 1. The third kappa shape index (κ3) is 4.45. The van der Waals surface area contributed by atoms with E-state index in [1.165, 1.54) is 12.1 Å². The minimum atomic E-state index is -3.79. The van der Waals surface area contributed by atoms with Gasteiger partial charge in [-0.05, 0) is 41.5 Å². The maximum atomic E-state index is 12.7. The Hall–Kier alpha value is -2.16. The number of nitrogens with one attached hydrogen (secondary N) is 1. The molecule has 0 atom stereocenters. The highest BCUT2D eigenvalue weighted by atomic mass is 35.5. The van der Waals surface area contributed by atoms with Crippen LogP contribution in [0.1, 0.15) is 11.1 Å². The highest BCUT2D eigenvalue weighted by molar-refractivity contribution is 7.89. The summed E-state index contributed by atoms with van der Waals surface area (Å²) < 4.78 is 30.3. The number of benzene rings is 3. The second-order valence-corrected chi connectivity index (χ2v) is 10.2. The summed E-state index contributed by atoms with van der Waals surface area (Å²) in [6, 6.07) is 19.2. The van der Waals surface area contributed by atoms with E-state index >= 15 is 0 Å². The molecular formula is C21H16Cl2N2O3S2. The van der Waals surface area contributed by atoms with Crippen molar-refractivity contribution >= 4 is 54.8 Å². The van der Waals surface area contributed by atoms with Gasteiger partial charge in [0.15, 0.2) is 0 Å². The van der Waals surface area contributed by atoms with E-state index in [1.54, 1.807) is 28.8 Å². The molecule has 0 saturated carbocycles. The van der Waals surface area contributed by atoms with Crippen LogP contribution in [-0.2, 0) is 23.1 Å². The van der Waals surface area contributed by atoms with E-state index in [4.69, 9.17) is 23.2 Å². The van der Waals surface area contributed by atoms with Crippen molar-refractivity contribution in [1.29, 1.82) is 0 Å². The van der Waals surface area contributed by atoms with Gasteiger partial charge in [-0.1, -0.05) is 70.9 Å². The molecule has 1 heterocycles. The summed E-state index contributed by atoms with van der Waals surface area (Å²) in [5.74, 6) is 0. The highest BCUT2D eigenvalue weighted by Crippen LogP contribution is 2.24. The van der Waals surface area contributed by atoms with Crippen molar-refractivity contribution in [3.05, 3.63) is 97.6 Å². The largest absolute Gasteiger partial charge is 0.308 e. The summed E-state index contributed by atoms with van der Waals surface area (Å²) in [6.07, 6.45) is 0. The quantitative estimate of drug-likeness (QED) is 0.428. The Bertz CT molecular complexity index is 1380. The molecule has 0 aliphatic heterocycles. The van der Waals surface area contributed by atoms with Gasteiger partial charge in [0.25, 0.3) is 0 Å². The molecule has 0 amide bonds. The normalized spacial score (nSPS) is 11.8. The van der Waals surface area contributed by atoms with Crippen molar-refractivity contribution in [2.24, 2.45) is 0 Å². The molecule has 0 fully saturated rings. The lowest BCUT2D eigenvalue weighted by Crippen LogP contribution is -2.23. The number of aromatic nitrogens is 1. The van der Waals surface area contributed by atoms with Crippen molar-refractivity contribution in [2.45, 2.75) is 18.0 Å². The van der Waals surface area contributed by atoms with Crippen LogP contribution < -0.4 is 9.60 Å². The Labute approximate surface area is 187 Å². The SMILES string of the molecule is O=c1sc2cc(S(=O)(=O)NCc3ccc(Cl)cc3Cl)ccc2n1Cc1ccccc1. The van der Waals surface area contributed by atoms with E-state index < -0.39 is 10.0 Å². The fraction of sp³-hybridized carbons (Fsp3) is 0.0952. The molecule has 4 aromatic rings. The Morgan fingerprint density at radius 3 is 2.47 bits per heavy atom. The van der Waals surface area contributed by atoms with Gasteiger partial charge in [-0.3, -0.25) is 9.36 Å². The standard InChI is InChI=1S/C21H16Cl2N2O3S2/c22-16-7-6-15(18(23)10-16)12-24-30(27,28)17-8-9-19-20(11-17)29-21(26)25(19)13-14-4-2-1-3-5-14/h1-11,24H,12-13H2. The lowest BCUT2D eigenvalue weighted by atomic mass is 10.2. The van der Waals surface area contributed by atoms with Gasteiger partial charge < -0.3 is 0 Å². The molecule has 0 bridgehead atoms. The van der Waals surface area contributed by atoms with Crippen LogP contribution in [0.2, 0.25) is 10.0 Å². The monoisotopic (exact) mass is 478 g/mol. The molecule has 5 nitrogen and oxygen atoms in total. The number of thiazole rings is 1. The fourth-order valence-electron chi connectivity index (χ4n) is 3.05. The first kappa shape index (κ1) is 21.1. The molecule has 4 rings (SSSR count). The first-order valence-electron chi connectivity index (χ1n) is 8.94. The molecule has 1 aromatic heterocycles. The molecule has 9 heteroatoms. The smallest absolute Gasteiger partial charge is 0.294 e. The van der Waals surface area contributed by atoms with Crippen LogP contribution >= 0.6 is 34.5 Å². The van der Waals surface area contributed by atoms with Gasteiger partial charge in [0, 0.05) is 16.6 Å². The molecule has 0 spiro atoms. The van der Waals surface area contributed by atoms with Gasteiger partial charge in [-0.2, -0.15) is 0 Å². The summed E-state index contributed by atoms with van der Waals surface area (Å²) in [4.78, 5) is 12.4. The highest BCUT2D eigenvalue weighted by Gasteiger charge is 2.17. The van der Waals surface area contributed by atoms with Gasteiger partial charge in [0.1, 0.15) is 0 Å². The first-order valence-corrected chi connectivity index (χ1v) is 12.0. The van der Waals surface area contributed by atoms with Gasteiger partial charge in [0.2, 0.25) is 10.0 Å². The molecule has 154 valence electrons. The summed E-state index contributed by atoms with van der Waals surface area (Å²) >= 11 is 13.0. The third-order valence-corrected chi connectivity index (χ3v) is 7.53. The number of nitrogens with zero attached hydrogens (tertiary/aromatic N) is 1. The lowest BCUT2D eigenvalue weighted by Gasteiger charge is -2.09. The van der Waals surface area contributed by atoms with Crippen LogP contribution in [0.5, 0.6) is 0 Å². The van der Waals surface area contributed by atoms with Crippen LogP contribution in [0.4, 0.5) is 0 Å². The van der Waals surface area contributed by atoms with Crippen LogP contribution in [0.15, 0.2) is 76.4 Å². The maximum Gasteiger partial charge on any atom is 0.308 e. The number of hydrogen-bond donors (Lipinski definition) is 1. The predicted octanol–water partition coefficient (Wildman–Crippen LogP) is 4.90. The third-order valence-electron chi connectivity index (χ3n) is 4.60. The van der Waals surface area contributed by atoms with Crippen LogP contribution in [0.3, 0.4) is 0 Å². The van der Waals surface area contributed by atoms with Crippen molar-refractivity contribution in [3.8, 4) is 0 Å². The lowest BCUT2D eigenvalue weighted by molar-refractivity contribution is 0.581. The van der Waals surface area contributed by atoms with Crippen molar-refractivity contribution in [1.82, 2.24) is 9.29 Å². The number of halogens is 2. The second-order valence-electron chi connectivity index (χ2n) is 6.63. The van der Waals surface area contributed by atoms with Crippen molar-refractivity contribution in [2.75, 3.05) is 0 Å². The Kier molecular flexibility index (Phi) is 5.99. The van der Waals surface area contributed by atoms with Crippen LogP contribution in [-0.4, -0.2) is 13.0 Å². The maximum absolute atomic E-state index is 12.7. The van der Waals surface area contributed by atoms with Crippen molar-refractivity contribution in [3.63, 3.8) is 0 Å². The minimum Gasteiger partial charge on any atom is -0.294 e.